The average molecular weight is 361 g/mol. The van der Waals surface area contributed by atoms with Gasteiger partial charge in [0.2, 0.25) is 11.8 Å². The summed E-state index contributed by atoms with van der Waals surface area (Å²) >= 11 is 6.07. The molecule has 0 atom stereocenters. The van der Waals surface area contributed by atoms with Gasteiger partial charge in [0.05, 0.1) is 12.3 Å². The van der Waals surface area contributed by atoms with Crippen LogP contribution in [0.5, 0.6) is 5.75 Å². The number of ether oxygens (including phenoxy) is 1. The van der Waals surface area contributed by atoms with Crippen LogP contribution in [0.15, 0.2) is 42.5 Å². The van der Waals surface area contributed by atoms with Gasteiger partial charge in [-0.2, -0.15) is 0 Å². The van der Waals surface area contributed by atoms with Gasteiger partial charge in [-0.3, -0.25) is 14.5 Å². The Morgan fingerprint density at radius 2 is 1.92 bits per heavy atom. The molecule has 2 aromatic rings. The number of hydrogen-bond acceptors (Lipinski definition) is 3. The number of carbonyl (C=O) groups is 2. The van der Waals surface area contributed by atoms with Gasteiger partial charge < -0.3 is 10.1 Å². The fourth-order valence-electron chi connectivity index (χ4n) is 2.34. The van der Waals surface area contributed by atoms with Crippen LogP contribution >= 0.6 is 11.6 Å². The first kappa shape index (κ1) is 18.8. The number of nitrogens with one attached hydrogen (secondary N) is 1. The molecule has 0 aromatic heterocycles. The normalized spacial score (nSPS) is 10.2. The van der Waals surface area contributed by atoms with Crippen molar-refractivity contribution in [2.45, 2.75) is 20.8 Å². The highest BCUT2D eigenvalue weighted by atomic mass is 35.5. The third kappa shape index (κ3) is 4.97. The highest BCUT2D eigenvalue weighted by molar-refractivity contribution is 6.31. The molecule has 0 radical (unpaired) electrons. The zero-order chi connectivity index (χ0) is 18.4. The molecule has 0 aliphatic carbocycles. The SMILES string of the molecule is CCOc1ccccc1N(CC(=O)Nc1ccc(C)c(Cl)c1)C(C)=O. The van der Waals surface area contributed by atoms with Gasteiger partial charge in [-0.25, -0.2) is 0 Å². The van der Waals surface area contributed by atoms with Crippen molar-refractivity contribution >= 4 is 34.8 Å². The number of carbonyl (C=O) groups excluding carboxylic acids is 2. The van der Waals surface area contributed by atoms with Gasteiger partial charge in [-0.15, -0.1) is 0 Å². The van der Waals surface area contributed by atoms with Crippen molar-refractivity contribution in [1.82, 2.24) is 0 Å². The minimum atomic E-state index is -0.318. The Morgan fingerprint density at radius 1 is 1.20 bits per heavy atom. The molecule has 0 spiro atoms. The van der Waals surface area contributed by atoms with E-state index < -0.39 is 0 Å². The van der Waals surface area contributed by atoms with E-state index in [0.29, 0.717) is 28.8 Å². The molecule has 2 aromatic carbocycles. The standard InChI is InChI=1S/C19H21ClN2O3/c1-4-25-18-8-6-5-7-17(18)22(14(3)23)12-19(24)21-15-10-9-13(2)16(20)11-15/h5-11H,4,12H2,1-3H3,(H,21,24). The number of aryl methyl sites for hydroxylation is 1. The second-order valence-electron chi connectivity index (χ2n) is 5.52. The lowest BCUT2D eigenvalue weighted by molar-refractivity contribution is -0.120. The molecule has 5 nitrogen and oxygen atoms in total. The number of halogens is 1. The number of benzene rings is 2. The van der Waals surface area contributed by atoms with E-state index in [9.17, 15) is 9.59 Å². The largest absolute Gasteiger partial charge is 0.492 e. The summed E-state index contributed by atoms with van der Waals surface area (Å²) in [5.41, 5.74) is 2.08. The van der Waals surface area contributed by atoms with Crippen molar-refractivity contribution in [1.29, 1.82) is 0 Å². The van der Waals surface area contributed by atoms with E-state index in [2.05, 4.69) is 5.32 Å². The van der Waals surface area contributed by atoms with Crippen LogP contribution in [0.3, 0.4) is 0 Å². The van der Waals surface area contributed by atoms with Crippen LogP contribution in [0.1, 0.15) is 19.4 Å². The van der Waals surface area contributed by atoms with Crippen molar-refractivity contribution in [2.75, 3.05) is 23.4 Å². The maximum absolute atomic E-state index is 12.4. The summed E-state index contributed by atoms with van der Waals surface area (Å²) < 4.78 is 5.55. The summed E-state index contributed by atoms with van der Waals surface area (Å²) in [6.07, 6.45) is 0. The second kappa shape index (κ2) is 8.53. The smallest absolute Gasteiger partial charge is 0.244 e. The Morgan fingerprint density at radius 3 is 2.56 bits per heavy atom. The summed E-state index contributed by atoms with van der Waals surface area (Å²) in [5, 5.41) is 3.33. The molecule has 25 heavy (non-hydrogen) atoms. The van der Waals surface area contributed by atoms with Crippen molar-refractivity contribution < 1.29 is 14.3 Å². The molecule has 0 saturated heterocycles. The Bertz CT molecular complexity index is 777. The van der Waals surface area contributed by atoms with Crippen molar-refractivity contribution in [3.8, 4) is 5.75 Å². The second-order valence-corrected chi connectivity index (χ2v) is 5.93. The number of hydrogen-bond donors (Lipinski definition) is 1. The zero-order valence-electron chi connectivity index (χ0n) is 14.5. The highest BCUT2D eigenvalue weighted by Crippen LogP contribution is 2.28. The van der Waals surface area contributed by atoms with E-state index in [1.165, 1.54) is 11.8 Å². The maximum Gasteiger partial charge on any atom is 0.244 e. The molecule has 0 aliphatic heterocycles. The zero-order valence-corrected chi connectivity index (χ0v) is 15.3. The first-order valence-corrected chi connectivity index (χ1v) is 8.36. The summed E-state index contributed by atoms with van der Waals surface area (Å²) in [6.45, 7) is 5.51. The first-order valence-electron chi connectivity index (χ1n) is 7.98. The van der Waals surface area contributed by atoms with Crippen LogP contribution in [0.25, 0.3) is 0 Å². The molecule has 0 heterocycles. The number of rotatable bonds is 6. The lowest BCUT2D eigenvalue weighted by Crippen LogP contribution is -2.37. The van der Waals surface area contributed by atoms with Gasteiger partial charge in [-0.05, 0) is 43.7 Å². The van der Waals surface area contributed by atoms with E-state index in [0.717, 1.165) is 5.56 Å². The number of anilines is 2. The number of para-hydroxylation sites is 2. The molecule has 2 amide bonds. The Balaban J connectivity index is 2.17. The molecular weight excluding hydrogens is 340 g/mol. The third-order valence-corrected chi connectivity index (χ3v) is 4.00. The molecule has 0 bridgehead atoms. The van der Waals surface area contributed by atoms with E-state index in [1.807, 2.05) is 26.0 Å². The van der Waals surface area contributed by atoms with Crippen LogP contribution in [-0.2, 0) is 9.59 Å². The molecule has 1 N–H and O–H groups in total. The predicted octanol–water partition coefficient (Wildman–Crippen LogP) is 4.04. The lowest BCUT2D eigenvalue weighted by atomic mass is 10.2. The molecule has 0 unspecified atom stereocenters. The van der Waals surface area contributed by atoms with Gasteiger partial charge in [0.25, 0.3) is 0 Å². The first-order chi connectivity index (χ1) is 11.9. The van der Waals surface area contributed by atoms with Crippen LogP contribution in [0, 0.1) is 6.92 Å². The Hall–Kier alpha value is -2.53. The minimum Gasteiger partial charge on any atom is -0.492 e. The van der Waals surface area contributed by atoms with Crippen molar-refractivity contribution in [2.24, 2.45) is 0 Å². The van der Waals surface area contributed by atoms with E-state index in [-0.39, 0.29) is 18.4 Å². The van der Waals surface area contributed by atoms with E-state index in [4.69, 9.17) is 16.3 Å². The van der Waals surface area contributed by atoms with E-state index >= 15 is 0 Å². The monoisotopic (exact) mass is 360 g/mol. The molecule has 0 aliphatic rings. The molecule has 132 valence electrons. The molecule has 0 fully saturated rings. The highest BCUT2D eigenvalue weighted by Gasteiger charge is 2.19. The lowest BCUT2D eigenvalue weighted by Gasteiger charge is -2.23. The summed E-state index contributed by atoms with van der Waals surface area (Å²) in [6, 6.07) is 12.4. The predicted molar refractivity (Wildman–Crippen MR) is 100 cm³/mol. The van der Waals surface area contributed by atoms with Crippen molar-refractivity contribution in [3.63, 3.8) is 0 Å². The Labute approximate surface area is 152 Å². The topological polar surface area (TPSA) is 58.6 Å². The maximum atomic E-state index is 12.4. The fourth-order valence-corrected chi connectivity index (χ4v) is 2.52. The van der Waals surface area contributed by atoms with Crippen LogP contribution < -0.4 is 15.0 Å². The van der Waals surface area contributed by atoms with Crippen LogP contribution in [0.4, 0.5) is 11.4 Å². The van der Waals surface area contributed by atoms with Crippen molar-refractivity contribution in [3.05, 3.63) is 53.1 Å². The molecule has 0 saturated carbocycles. The van der Waals surface area contributed by atoms with Crippen LogP contribution in [0.2, 0.25) is 5.02 Å². The van der Waals surface area contributed by atoms with Gasteiger partial charge in [-0.1, -0.05) is 29.8 Å². The summed E-state index contributed by atoms with van der Waals surface area (Å²) in [4.78, 5) is 25.8. The summed E-state index contributed by atoms with van der Waals surface area (Å²) in [7, 11) is 0. The quantitative estimate of drug-likeness (QED) is 0.845. The third-order valence-electron chi connectivity index (χ3n) is 3.59. The van der Waals surface area contributed by atoms with Gasteiger partial charge in [0, 0.05) is 17.6 Å². The fraction of sp³-hybridized carbons (Fsp3) is 0.263. The average Bonchev–Trinajstić information content (AvgIpc) is 2.57. The number of nitrogens with zero attached hydrogens (tertiary/aromatic N) is 1. The van der Waals surface area contributed by atoms with Crippen LogP contribution in [-0.4, -0.2) is 25.0 Å². The summed E-state index contributed by atoms with van der Waals surface area (Å²) in [5.74, 6) is -0.00274. The molecule has 2 rings (SSSR count). The van der Waals surface area contributed by atoms with E-state index in [1.54, 1.807) is 30.3 Å². The minimum absolute atomic E-state index is 0.120. The molecular formula is C19H21ClN2O3. The number of amides is 2. The Kier molecular flexibility index (Phi) is 6.42. The van der Waals surface area contributed by atoms with Gasteiger partial charge in [0.1, 0.15) is 12.3 Å². The van der Waals surface area contributed by atoms with Gasteiger partial charge >= 0.3 is 0 Å². The van der Waals surface area contributed by atoms with Gasteiger partial charge in [0.15, 0.2) is 0 Å². The molecule has 6 heteroatoms.